The molecule has 0 saturated carbocycles. The Labute approximate surface area is 153 Å². The number of hydrogen-bond acceptors (Lipinski definition) is 5. The molecule has 26 heavy (non-hydrogen) atoms. The van der Waals surface area contributed by atoms with Gasteiger partial charge in [0.15, 0.2) is 0 Å². The van der Waals surface area contributed by atoms with Gasteiger partial charge in [0.25, 0.3) is 0 Å². The van der Waals surface area contributed by atoms with E-state index in [0.29, 0.717) is 12.4 Å². The maximum atomic E-state index is 12.4. The SMILES string of the molecule is C=N/C(=C\c1cc(-c2cn(C)nn2)ccc1C)NC(=O)[C@@H]1CCCNC1. The summed E-state index contributed by atoms with van der Waals surface area (Å²) in [5.41, 5.74) is 3.79. The molecule has 2 heterocycles. The van der Waals surface area contributed by atoms with Crippen LogP contribution in [0.5, 0.6) is 0 Å². The van der Waals surface area contributed by atoms with Crippen LogP contribution in [-0.4, -0.2) is 40.7 Å². The van der Waals surface area contributed by atoms with Crippen LogP contribution in [0.1, 0.15) is 24.0 Å². The lowest BCUT2D eigenvalue weighted by Gasteiger charge is -2.21. The molecule has 0 unspecified atom stereocenters. The van der Waals surface area contributed by atoms with Crippen LogP contribution in [0.2, 0.25) is 0 Å². The average molecular weight is 352 g/mol. The number of hydrogen-bond donors (Lipinski definition) is 2. The van der Waals surface area contributed by atoms with E-state index in [1.54, 1.807) is 4.68 Å². The third-order valence-electron chi connectivity index (χ3n) is 4.56. The van der Waals surface area contributed by atoms with E-state index < -0.39 is 0 Å². The van der Waals surface area contributed by atoms with Gasteiger partial charge in [0, 0.05) is 19.2 Å². The third-order valence-corrected chi connectivity index (χ3v) is 4.56. The minimum atomic E-state index is -0.0269. The Morgan fingerprint density at radius 1 is 1.50 bits per heavy atom. The normalized spacial score (nSPS) is 17.8. The molecule has 0 bridgehead atoms. The van der Waals surface area contributed by atoms with Gasteiger partial charge in [0.1, 0.15) is 11.5 Å². The van der Waals surface area contributed by atoms with Gasteiger partial charge in [0.05, 0.1) is 12.1 Å². The highest BCUT2D eigenvalue weighted by Gasteiger charge is 2.21. The Morgan fingerprint density at radius 2 is 2.35 bits per heavy atom. The topological polar surface area (TPSA) is 84.2 Å². The molecule has 136 valence electrons. The number of aliphatic imine (C=N–C) groups is 1. The Hall–Kier alpha value is -2.80. The number of benzene rings is 1. The second kappa shape index (κ2) is 8.05. The largest absolute Gasteiger partial charge is 0.316 e. The van der Waals surface area contributed by atoms with Gasteiger partial charge >= 0.3 is 0 Å². The van der Waals surface area contributed by atoms with E-state index >= 15 is 0 Å². The predicted octanol–water partition coefficient (Wildman–Crippen LogP) is 1.91. The Balaban J connectivity index is 1.81. The molecule has 2 aromatic rings. The van der Waals surface area contributed by atoms with E-state index in [1.807, 2.05) is 44.4 Å². The number of nitrogens with zero attached hydrogens (tertiary/aromatic N) is 4. The van der Waals surface area contributed by atoms with Crippen LogP contribution in [0.3, 0.4) is 0 Å². The summed E-state index contributed by atoms with van der Waals surface area (Å²) < 4.78 is 1.67. The van der Waals surface area contributed by atoms with Crippen LogP contribution in [0.25, 0.3) is 17.3 Å². The zero-order valence-corrected chi connectivity index (χ0v) is 15.2. The Morgan fingerprint density at radius 3 is 3.00 bits per heavy atom. The number of carbonyl (C=O) groups is 1. The molecule has 1 aliphatic rings. The van der Waals surface area contributed by atoms with E-state index in [0.717, 1.165) is 41.8 Å². The highest BCUT2D eigenvalue weighted by molar-refractivity contribution is 5.82. The second-order valence-corrected chi connectivity index (χ2v) is 6.57. The monoisotopic (exact) mass is 352 g/mol. The lowest BCUT2D eigenvalue weighted by atomic mass is 9.99. The van der Waals surface area contributed by atoms with E-state index in [-0.39, 0.29) is 11.8 Å². The number of piperidine rings is 1. The van der Waals surface area contributed by atoms with Crippen molar-refractivity contribution in [2.45, 2.75) is 19.8 Å². The van der Waals surface area contributed by atoms with Crippen molar-refractivity contribution in [1.29, 1.82) is 0 Å². The van der Waals surface area contributed by atoms with Gasteiger partial charge in [-0.3, -0.25) is 9.48 Å². The zero-order chi connectivity index (χ0) is 18.5. The molecule has 1 aliphatic heterocycles. The van der Waals surface area contributed by atoms with Gasteiger partial charge in [-0.05, 0) is 56.3 Å². The zero-order valence-electron chi connectivity index (χ0n) is 15.2. The van der Waals surface area contributed by atoms with Crippen molar-refractivity contribution in [3.8, 4) is 11.3 Å². The first kappa shape index (κ1) is 18.0. The van der Waals surface area contributed by atoms with Crippen molar-refractivity contribution in [2.24, 2.45) is 18.0 Å². The smallest absolute Gasteiger partial charge is 0.229 e. The van der Waals surface area contributed by atoms with Crippen molar-refractivity contribution < 1.29 is 4.79 Å². The minimum absolute atomic E-state index is 0.0152. The second-order valence-electron chi connectivity index (χ2n) is 6.57. The molecule has 0 spiro atoms. The van der Waals surface area contributed by atoms with Crippen LogP contribution >= 0.6 is 0 Å². The Kier molecular flexibility index (Phi) is 5.58. The fourth-order valence-electron chi connectivity index (χ4n) is 3.01. The summed E-state index contributed by atoms with van der Waals surface area (Å²) >= 11 is 0. The van der Waals surface area contributed by atoms with Crippen molar-refractivity contribution in [2.75, 3.05) is 13.1 Å². The number of aryl methyl sites for hydroxylation is 2. The standard InChI is InChI=1S/C19H24N6O/c1-13-6-7-14(17-12-25(3)24-23-17)9-16(13)10-18(20-2)22-19(26)15-5-4-8-21-11-15/h6-7,9-10,12,15,21H,2,4-5,8,11H2,1,3H3,(H,22,26)/b18-10+/t15-/m1/s1. The van der Waals surface area contributed by atoms with Crippen molar-refractivity contribution in [3.63, 3.8) is 0 Å². The number of amides is 1. The van der Waals surface area contributed by atoms with Crippen molar-refractivity contribution in [3.05, 3.63) is 41.3 Å². The molecule has 2 N–H and O–H groups in total. The highest BCUT2D eigenvalue weighted by atomic mass is 16.2. The maximum Gasteiger partial charge on any atom is 0.229 e. The molecule has 1 amide bonds. The fraction of sp³-hybridized carbons (Fsp3) is 0.368. The van der Waals surface area contributed by atoms with Gasteiger partial charge in [-0.25, -0.2) is 4.99 Å². The average Bonchev–Trinajstić information content (AvgIpc) is 3.09. The van der Waals surface area contributed by atoms with E-state index in [4.69, 9.17) is 0 Å². The fourth-order valence-corrected chi connectivity index (χ4v) is 3.01. The first-order valence-electron chi connectivity index (χ1n) is 8.74. The summed E-state index contributed by atoms with van der Waals surface area (Å²) in [4.78, 5) is 16.4. The first-order chi connectivity index (χ1) is 12.6. The van der Waals surface area contributed by atoms with Gasteiger partial charge < -0.3 is 10.6 Å². The van der Waals surface area contributed by atoms with E-state index in [2.05, 4.69) is 32.7 Å². The molecule has 1 fully saturated rings. The predicted molar refractivity (Wildman–Crippen MR) is 102 cm³/mol. The molecular formula is C19H24N6O. The summed E-state index contributed by atoms with van der Waals surface area (Å²) in [6, 6.07) is 6.03. The van der Waals surface area contributed by atoms with Gasteiger partial charge in [0.2, 0.25) is 5.91 Å². The summed E-state index contributed by atoms with van der Waals surface area (Å²) in [6.45, 7) is 7.29. The van der Waals surface area contributed by atoms with Gasteiger partial charge in [-0.1, -0.05) is 17.3 Å². The van der Waals surface area contributed by atoms with Crippen LogP contribution in [0.4, 0.5) is 0 Å². The molecule has 0 aliphatic carbocycles. The molecule has 1 aromatic heterocycles. The van der Waals surface area contributed by atoms with Gasteiger partial charge in [-0.15, -0.1) is 5.10 Å². The summed E-state index contributed by atoms with van der Waals surface area (Å²) in [5, 5.41) is 14.3. The number of aromatic nitrogens is 3. The molecule has 1 saturated heterocycles. The number of rotatable bonds is 5. The minimum Gasteiger partial charge on any atom is -0.316 e. The van der Waals surface area contributed by atoms with Crippen LogP contribution in [0.15, 0.2) is 35.2 Å². The highest BCUT2D eigenvalue weighted by Crippen LogP contribution is 2.22. The third kappa shape index (κ3) is 4.23. The summed E-state index contributed by atoms with van der Waals surface area (Å²) in [7, 11) is 1.83. The number of carbonyl (C=O) groups excluding carboxylic acids is 1. The molecule has 7 heteroatoms. The quantitative estimate of drug-likeness (QED) is 0.805. The Bertz CT molecular complexity index is 832. The van der Waals surface area contributed by atoms with E-state index in [9.17, 15) is 4.79 Å². The van der Waals surface area contributed by atoms with Crippen LogP contribution in [0, 0.1) is 12.8 Å². The first-order valence-corrected chi connectivity index (χ1v) is 8.74. The lowest BCUT2D eigenvalue weighted by Crippen LogP contribution is -2.40. The molecule has 0 radical (unpaired) electrons. The summed E-state index contributed by atoms with van der Waals surface area (Å²) in [6.07, 6.45) is 5.61. The van der Waals surface area contributed by atoms with E-state index in [1.165, 1.54) is 0 Å². The van der Waals surface area contributed by atoms with Crippen LogP contribution < -0.4 is 10.6 Å². The summed E-state index contributed by atoms with van der Waals surface area (Å²) in [5.74, 6) is 0.416. The van der Waals surface area contributed by atoms with Gasteiger partial charge in [-0.2, -0.15) is 0 Å². The molecule has 1 atom stereocenters. The van der Waals surface area contributed by atoms with Crippen LogP contribution in [-0.2, 0) is 11.8 Å². The molecule has 1 aromatic carbocycles. The molecular weight excluding hydrogens is 328 g/mol. The lowest BCUT2D eigenvalue weighted by molar-refractivity contribution is -0.124. The molecule has 3 rings (SSSR count). The van der Waals surface area contributed by atoms with Crippen molar-refractivity contribution >= 4 is 18.7 Å². The maximum absolute atomic E-state index is 12.4. The van der Waals surface area contributed by atoms with Crippen molar-refractivity contribution in [1.82, 2.24) is 25.6 Å². The number of nitrogens with one attached hydrogen (secondary N) is 2. The molecule has 7 nitrogen and oxygen atoms in total.